The number of hydrogen-bond acceptors (Lipinski definition) is 3. The standard InChI is InChI=1S/C27H36N2O2/c1-21-7-9-23(10-8-21)27(15-3-4-16-27)26(30)28-24-11-13-25(14-12-24)31-19-18-29-17-5-6-22(2)20-29/h7-14,22H,3-6,15-20H2,1-2H3,(H,28,30). The Kier molecular flexibility index (Phi) is 6.96. The zero-order chi connectivity index (χ0) is 21.7. The van der Waals surface area contributed by atoms with Crippen LogP contribution >= 0.6 is 0 Å². The zero-order valence-corrected chi connectivity index (χ0v) is 19.0. The van der Waals surface area contributed by atoms with Crippen LogP contribution in [0.15, 0.2) is 48.5 Å². The Morgan fingerprint density at radius 1 is 1.06 bits per heavy atom. The molecule has 2 fully saturated rings. The number of carbonyl (C=O) groups is 1. The number of ether oxygens (including phenoxy) is 1. The lowest BCUT2D eigenvalue weighted by atomic mass is 9.77. The summed E-state index contributed by atoms with van der Waals surface area (Å²) in [5, 5.41) is 3.17. The van der Waals surface area contributed by atoms with Crippen molar-refractivity contribution in [3.05, 3.63) is 59.7 Å². The third-order valence-electron chi connectivity index (χ3n) is 7.03. The highest BCUT2D eigenvalue weighted by Gasteiger charge is 2.42. The van der Waals surface area contributed by atoms with Crippen molar-refractivity contribution in [2.75, 3.05) is 31.6 Å². The van der Waals surface area contributed by atoms with Crippen LogP contribution in [0.4, 0.5) is 5.69 Å². The molecule has 0 spiro atoms. The molecule has 1 N–H and O–H groups in total. The maximum Gasteiger partial charge on any atom is 0.235 e. The fourth-order valence-corrected chi connectivity index (χ4v) is 5.17. The van der Waals surface area contributed by atoms with E-state index < -0.39 is 5.41 Å². The largest absolute Gasteiger partial charge is 0.492 e. The van der Waals surface area contributed by atoms with E-state index in [9.17, 15) is 4.79 Å². The van der Waals surface area contributed by atoms with Crippen molar-refractivity contribution in [3.8, 4) is 5.75 Å². The van der Waals surface area contributed by atoms with Gasteiger partial charge in [0.05, 0.1) is 5.41 Å². The molecule has 1 aliphatic carbocycles. The number of anilines is 1. The monoisotopic (exact) mass is 420 g/mol. The second kappa shape index (κ2) is 9.86. The third-order valence-corrected chi connectivity index (χ3v) is 7.03. The molecule has 0 aromatic heterocycles. The smallest absolute Gasteiger partial charge is 0.235 e. The summed E-state index contributed by atoms with van der Waals surface area (Å²) in [7, 11) is 0. The van der Waals surface area contributed by atoms with Gasteiger partial charge in [0.1, 0.15) is 12.4 Å². The van der Waals surface area contributed by atoms with Gasteiger partial charge in [-0.2, -0.15) is 0 Å². The van der Waals surface area contributed by atoms with Gasteiger partial charge in [-0.1, -0.05) is 49.6 Å². The number of hydrogen-bond donors (Lipinski definition) is 1. The first-order chi connectivity index (χ1) is 15.0. The normalized spacial score (nSPS) is 21.0. The molecular formula is C27H36N2O2. The lowest BCUT2D eigenvalue weighted by molar-refractivity contribution is -0.121. The first kappa shape index (κ1) is 21.9. The van der Waals surface area contributed by atoms with Gasteiger partial charge in [0.25, 0.3) is 0 Å². The van der Waals surface area contributed by atoms with Crippen LogP contribution in [0.5, 0.6) is 5.75 Å². The molecular weight excluding hydrogens is 384 g/mol. The first-order valence-corrected chi connectivity index (χ1v) is 11.9. The number of piperidine rings is 1. The predicted molar refractivity (Wildman–Crippen MR) is 127 cm³/mol. The topological polar surface area (TPSA) is 41.6 Å². The molecule has 1 saturated carbocycles. The van der Waals surface area contributed by atoms with E-state index >= 15 is 0 Å². The van der Waals surface area contributed by atoms with Crippen LogP contribution in [0.1, 0.15) is 56.6 Å². The van der Waals surface area contributed by atoms with Gasteiger partial charge in [-0.15, -0.1) is 0 Å². The second-order valence-corrected chi connectivity index (χ2v) is 9.53. The Morgan fingerprint density at radius 2 is 1.77 bits per heavy atom. The van der Waals surface area contributed by atoms with E-state index in [1.54, 1.807) is 0 Å². The van der Waals surface area contributed by atoms with Crippen molar-refractivity contribution in [2.45, 2.75) is 57.8 Å². The number of benzene rings is 2. The van der Waals surface area contributed by atoms with Gasteiger partial charge in [0.2, 0.25) is 5.91 Å². The molecule has 4 heteroatoms. The highest BCUT2D eigenvalue weighted by Crippen LogP contribution is 2.42. The lowest BCUT2D eigenvalue weighted by Crippen LogP contribution is -2.38. The van der Waals surface area contributed by atoms with Crippen LogP contribution in [0.2, 0.25) is 0 Å². The molecule has 2 aliphatic rings. The number of nitrogens with zero attached hydrogens (tertiary/aromatic N) is 1. The molecule has 0 bridgehead atoms. The van der Waals surface area contributed by atoms with Crippen LogP contribution in [0.3, 0.4) is 0 Å². The molecule has 1 aliphatic heterocycles. The molecule has 1 heterocycles. The minimum absolute atomic E-state index is 0.113. The van der Waals surface area contributed by atoms with Crippen molar-refractivity contribution < 1.29 is 9.53 Å². The summed E-state index contributed by atoms with van der Waals surface area (Å²) in [5.74, 6) is 1.76. The third kappa shape index (κ3) is 5.30. The Labute approximate surface area is 187 Å². The lowest BCUT2D eigenvalue weighted by Gasteiger charge is -2.30. The van der Waals surface area contributed by atoms with E-state index in [2.05, 4.69) is 48.3 Å². The average molecular weight is 421 g/mol. The summed E-state index contributed by atoms with van der Waals surface area (Å²) in [6.07, 6.45) is 6.67. The van der Waals surface area contributed by atoms with Crippen molar-refractivity contribution >= 4 is 11.6 Å². The Hall–Kier alpha value is -2.33. The van der Waals surface area contributed by atoms with Crippen LogP contribution in [0.25, 0.3) is 0 Å². The molecule has 1 atom stereocenters. The summed E-state index contributed by atoms with van der Waals surface area (Å²) in [5.41, 5.74) is 2.79. The molecule has 2 aromatic carbocycles. The zero-order valence-electron chi connectivity index (χ0n) is 19.0. The molecule has 4 rings (SSSR count). The van der Waals surface area contributed by atoms with Crippen molar-refractivity contribution in [2.24, 2.45) is 5.92 Å². The van der Waals surface area contributed by atoms with Crippen molar-refractivity contribution in [1.82, 2.24) is 4.90 Å². The van der Waals surface area contributed by atoms with Gasteiger partial charge in [-0.05, 0) is 74.9 Å². The number of rotatable bonds is 7. The second-order valence-electron chi connectivity index (χ2n) is 9.53. The number of likely N-dealkylation sites (tertiary alicyclic amines) is 1. The van der Waals surface area contributed by atoms with Gasteiger partial charge in [-0.3, -0.25) is 9.69 Å². The number of carbonyl (C=O) groups excluding carboxylic acids is 1. The van der Waals surface area contributed by atoms with Crippen LogP contribution in [0, 0.1) is 12.8 Å². The van der Waals surface area contributed by atoms with E-state index in [-0.39, 0.29) is 5.91 Å². The maximum absolute atomic E-state index is 13.3. The van der Waals surface area contributed by atoms with Gasteiger partial charge < -0.3 is 10.1 Å². The predicted octanol–water partition coefficient (Wildman–Crippen LogP) is 5.56. The fourth-order valence-electron chi connectivity index (χ4n) is 5.17. The molecule has 166 valence electrons. The molecule has 0 radical (unpaired) electrons. The molecule has 1 amide bonds. The Balaban J connectivity index is 1.33. The fraction of sp³-hybridized carbons (Fsp3) is 0.519. The summed E-state index contributed by atoms with van der Waals surface area (Å²) in [6.45, 7) is 8.45. The van der Waals surface area contributed by atoms with Crippen LogP contribution in [-0.4, -0.2) is 37.0 Å². The quantitative estimate of drug-likeness (QED) is 0.638. The summed E-state index contributed by atoms with van der Waals surface area (Å²) in [4.78, 5) is 15.8. The molecule has 4 nitrogen and oxygen atoms in total. The van der Waals surface area contributed by atoms with Gasteiger partial charge in [-0.25, -0.2) is 0 Å². The molecule has 2 aromatic rings. The minimum Gasteiger partial charge on any atom is -0.492 e. The van der Waals surface area contributed by atoms with E-state index in [4.69, 9.17) is 4.74 Å². The van der Waals surface area contributed by atoms with E-state index in [0.29, 0.717) is 6.61 Å². The van der Waals surface area contributed by atoms with E-state index in [1.165, 1.54) is 31.5 Å². The van der Waals surface area contributed by atoms with Gasteiger partial charge >= 0.3 is 0 Å². The Morgan fingerprint density at radius 3 is 2.45 bits per heavy atom. The van der Waals surface area contributed by atoms with Crippen molar-refractivity contribution in [1.29, 1.82) is 0 Å². The number of aryl methyl sites for hydroxylation is 1. The summed E-state index contributed by atoms with van der Waals surface area (Å²) in [6, 6.07) is 16.3. The number of amides is 1. The van der Waals surface area contributed by atoms with Crippen molar-refractivity contribution in [3.63, 3.8) is 0 Å². The van der Waals surface area contributed by atoms with Gasteiger partial charge in [0, 0.05) is 18.8 Å². The maximum atomic E-state index is 13.3. The van der Waals surface area contributed by atoms with Crippen LogP contribution in [-0.2, 0) is 10.2 Å². The highest BCUT2D eigenvalue weighted by atomic mass is 16.5. The van der Waals surface area contributed by atoms with E-state index in [0.717, 1.165) is 55.1 Å². The highest BCUT2D eigenvalue weighted by molar-refractivity contribution is 5.99. The minimum atomic E-state index is -0.408. The first-order valence-electron chi connectivity index (χ1n) is 11.9. The molecule has 31 heavy (non-hydrogen) atoms. The summed E-state index contributed by atoms with van der Waals surface area (Å²) >= 11 is 0. The van der Waals surface area contributed by atoms with Crippen LogP contribution < -0.4 is 10.1 Å². The molecule has 1 unspecified atom stereocenters. The average Bonchev–Trinajstić information content (AvgIpc) is 3.27. The summed E-state index contributed by atoms with van der Waals surface area (Å²) < 4.78 is 5.95. The molecule has 1 saturated heterocycles. The number of nitrogens with one attached hydrogen (secondary N) is 1. The van der Waals surface area contributed by atoms with E-state index in [1.807, 2.05) is 24.3 Å². The Bertz CT molecular complexity index is 854. The van der Waals surface area contributed by atoms with Gasteiger partial charge in [0.15, 0.2) is 0 Å². The SMILES string of the molecule is Cc1ccc(C2(C(=O)Nc3ccc(OCCN4CCCC(C)C4)cc3)CCCC2)cc1.